The van der Waals surface area contributed by atoms with E-state index in [1.54, 1.807) is 20.1 Å². The van der Waals surface area contributed by atoms with Gasteiger partial charge in [0.1, 0.15) is 11.3 Å². The van der Waals surface area contributed by atoms with Crippen molar-refractivity contribution in [3.05, 3.63) is 39.6 Å². The lowest BCUT2D eigenvalue weighted by atomic mass is 10.0. The van der Waals surface area contributed by atoms with E-state index in [4.69, 9.17) is 13.6 Å². The molecule has 114 valence electrons. The lowest BCUT2D eigenvalue weighted by Gasteiger charge is -2.10. The average molecular weight is 300 g/mol. The highest BCUT2D eigenvalue weighted by atomic mass is 16.5. The van der Waals surface area contributed by atoms with Crippen LogP contribution in [0.5, 0.6) is 5.75 Å². The van der Waals surface area contributed by atoms with Gasteiger partial charge in [-0.05, 0) is 31.5 Å². The molecule has 22 heavy (non-hydrogen) atoms. The van der Waals surface area contributed by atoms with Crippen LogP contribution < -0.4 is 10.4 Å². The van der Waals surface area contributed by atoms with E-state index >= 15 is 0 Å². The molecule has 6 nitrogen and oxygen atoms in total. The Hall–Kier alpha value is -2.63. The first-order valence-corrected chi connectivity index (χ1v) is 7.00. The minimum absolute atomic E-state index is 0.357. The topological polar surface area (TPSA) is 78.4 Å². The van der Waals surface area contributed by atoms with Gasteiger partial charge in [-0.25, -0.2) is 4.79 Å². The van der Waals surface area contributed by atoms with E-state index in [1.165, 1.54) is 0 Å². The second-order valence-corrected chi connectivity index (χ2v) is 5.05. The molecule has 0 N–H and O–H groups in total. The summed E-state index contributed by atoms with van der Waals surface area (Å²) in [6, 6.07) is 3.53. The Bertz CT molecular complexity index is 908. The Morgan fingerprint density at radius 3 is 2.55 bits per heavy atom. The van der Waals surface area contributed by atoms with E-state index in [1.807, 2.05) is 19.9 Å². The van der Waals surface area contributed by atoms with Crippen molar-refractivity contribution in [3.63, 3.8) is 0 Å². The molecule has 3 aromatic rings. The molecule has 2 aromatic heterocycles. The van der Waals surface area contributed by atoms with Crippen molar-refractivity contribution in [2.45, 2.75) is 27.2 Å². The van der Waals surface area contributed by atoms with Crippen LogP contribution in [0.15, 0.2) is 25.8 Å². The molecule has 0 saturated carbocycles. The third-order valence-corrected chi connectivity index (χ3v) is 3.75. The minimum atomic E-state index is -0.357. The molecule has 0 saturated heterocycles. The maximum absolute atomic E-state index is 11.9. The standard InChI is InChI=1S/C16H16N2O4/c1-5-13-17-18-15(22-13)10-6-11(20-4)14-8(2)9(3)16(19)21-12(14)7-10/h6-7H,5H2,1-4H3. The van der Waals surface area contributed by atoms with Crippen LogP contribution in [0, 0.1) is 13.8 Å². The van der Waals surface area contributed by atoms with Crippen LogP contribution in [-0.2, 0) is 6.42 Å². The van der Waals surface area contributed by atoms with Gasteiger partial charge in [0.2, 0.25) is 11.8 Å². The fourth-order valence-corrected chi connectivity index (χ4v) is 2.35. The van der Waals surface area contributed by atoms with Gasteiger partial charge in [-0.15, -0.1) is 10.2 Å². The average Bonchev–Trinajstić information content (AvgIpc) is 3.00. The molecule has 0 amide bonds. The van der Waals surface area contributed by atoms with Crippen LogP contribution in [-0.4, -0.2) is 17.3 Å². The summed E-state index contributed by atoms with van der Waals surface area (Å²) in [7, 11) is 1.57. The molecule has 6 heteroatoms. The molecular weight excluding hydrogens is 284 g/mol. The van der Waals surface area contributed by atoms with E-state index in [9.17, 15) is 4.79 Å². The van der Waals surface area contributed by atoms with Gasteiger partial charge in [0.15, 0.2) is 0 Å². The highest BCUT2D eigenvalue weighted by molar-refractivity contribution is 5.90. The zero-order valence-electron chi connectivity index (χ0n) is 12.9. The van der Waals surface area contributed by atoms with Crippen molar-refractivity contribution < 1.29 is 13.6 Å². The first kappa shape index (κ1) is 14.3. The van der Waals surface area contributed by atoms with Crippen LogP contribution in [0.25, 0.3) is 22.4 Å². The fourth-order valence-electron chi connectivity index (χ4n) is 2.35. The summed E-state index contributed by atoms with van der Waals surface area (Å²) in [5.74, 6) is 1.53. The van der Waals surface area contributed by atoms with Gasteiger partial charge >= 0.3 is 5.63 Å². The monoisotopic (exact) mass is 300 g/mol. The molecular formula is C16H16N2O4. The highest BCUT2D eigenvalue weighted by Crippen LogP contribution is 2.34. The predicted molar refractivity (Wildman–Crippen MR) is 81.2 cm³/mol. The van der Waals surface area contributed by atoms with E-state index in [2.05, 4.69) is 10.2 Å². The van der Waals surface area contributed by atoms with Crippen molar-refractivity contribution in [3.8, 4) is 17.2 Å². The first-order valence-electron chi connectivity index (χ1n) is 7.00. The summed E-state index contributed by atoms with van der Waals surface area (Å²) in [5.41, 5.74) is 2.16. The van der Waals surface area contributed by atoms with Crippen molar-refractivity contribution in [1.29, 1.82) is 0 Å². The van der Waals surface area contributed by atoms with Crippen molar-refractivity contribution in [1.82, 2.24) is 10.2 Å². The van der Waals surface area contributed by atoms with Gasteiger partial charge < -0.3 is 13.6 Å². The number of benzene rings is 1. The van der Waals surface area contributed by atoms with Gasteiger partial charge in [0.05, 0.1) is 12.5 Å². The lowest BCUT2D eigenvalue weighted by Crippen LogP contribution is -2.06. The number of ether oxygens (including phenoxy) is 1. The molecule has 0 bridgehead atoms. The highest BCUT2D eigenvalue weighted by Gasteiger charge is 2.16. The molecule has 0 aliphatic rings. The zero-order chi connectivity index (χ0) is 15.9. The summed E-state index contributed by atoms with van der Waals surface area (Å²) >= 11 is 0. The quantitative estimate of drug-likeness (QED) is 0.692. The van der Waals surface area contributed by atoms with Crippen molar-refractivity contribution >= 4 is 11.0 Å². The van der Waals surface area contributed by atoms with Crippen LogP contribution in [0.3, 0.4) is 0 Å². The molecule has 0 aliphatic heterocycles. The van der Waals surface area contributed by atoms with Gasteiger partial charge in [-0.3, -0.25) is 0 Å². The first-order chi connectivity index (χ1) is 10.5. The molecule has 2 heterocycles. The molecule has 3 rings (SSSR count). The Balaban J connectivity index is 2.31. The molecule has 0 radical (unpaired) electrons. The number of aromatic nitrogens is 2. The zero-order valence-corrected chi connectivity index (χ0v) is 12.9. The van der Waals surface area contributed by atoms with Crippen LogP contribution >= 0.6 is 0 Å². The van der Waals surface area contributed by atoms with E-state index in [0.29, 0.717) is 40.7 Å². The molecule has 0 aliphatic carbocycles. The number of aryl methyl sites for hydroxylation is 2. The second kappa shape index (κ2) is 5.29. The van der Waals surface area contributed by atoms with Crippen molar-refractivity contribution in [2.24, 2.45) is 0 Å². The maximum atomic E-state index is 11.9. The van der Waals surface area contributed by atoms with Crippen LogP contribution in [0.4, 0.5) is 0 Å². The molecule has 0 atom stereocenters. The molecule has 0 fully saturated rings. The van der Waals surface area contributed by atoms with Gasteiger partial charge in [0.25, 0.3) is 0 Å². The van der Waals surface area contributed by atoms with Crippen LogP contribution in [0.1, 0.15) is 23.9 Å². The van der Waals surface area contributed by atoms with Gasteiger partial charge in [-0.1, -0.05) is 6.92 Å². The lowest BCUT2D eigenvalue weighted by molar-refractivity contribution is 0.418. The van der Waals surface area contributed by atoms with E-state index in [0.717, 1.165) is 10.9 Å². The summed E-state index contributed by atoms with van der Waals surface area (Å²) in [4.78, 5) is 11.9. The maximum Gasteiger partial charge on any atom is 0.339 e. The number of nitrogens with zero attached hydrogens (tertiary/aromatic N) is 2. The Labute approximate surface area is 126 Å². The number of methoxy groups -OCH3 is 1. The normalized spacial score (nSPS) is 11.1. The fraction of sp³-hybridized carbons (Fsp3) is 0.312. The number of rotatable bonds is 3. The predicted octanol–water partition coefficient (Wildman–Crippen LogP) is 3.03. The summed E-state index contributed by atoms with van der Waals surface area (Å²) in [5, 5.41) is 8.73. The number of hydrogen-bond acceptors (Lipinski definition) is 6. The number of hydrogen-bond donors (Lipinski definition) is 0. The van der Waals surface area contributed by atoms with E-state index < -0.39 is 0 Å². The van der Waals surface area contributed by atoms with Crippen molar-refractivity contribution in [2.75, 3.05) is 7.11 Å². The SMILES string of the molecule is CCc1nnc(-c2cc(OC)c3c(C)c(C)c(=O)oc3c2)o1. The molecule has 0 unspecified atom stereocenters. The third kappa shape index (κ3) is 2.16. The van der Waals surface area contributed by atoms with Crippen LogP contribution in [0.2, 0.25) is 0 Å². The third-order valence-electron chi connectivity index (χ3n) is 3.75. The summed E-state index contributed by atoms with van der Waals surface area (Å²) < 4.78 is 16.4. The number of fused-ring (bicyclic) bond motifs is 1. The Kier molecular flexibility index (Phi) is 3.44. The minimum Gasteiger partial charge on any atom is -0.496 e. The smallest absolute Gasteiger partial charge is 0.339 e. The Morgan fingerprint density at radius 1 is 1.14 bits per heavy atom. The molecule has 0 spiro atoms. The molecule has 1 aromatic carbocycles. The summed E-state index contributed by atoms with van der Waals surface area (Å²) in [6.45, 7) is 5.54. The van der Waals surface area contributed by atoms with Gasteiger partial charge in [0, 0.05) is 17.5 Å². The van der Waals surface area contributed by atoms with E-state index in [-0.39, 0.29) is 5.63 Å². The Morgan fingerprint density at radius 2 is 1.91 bits per heavy atom. The van der Waals surface area contributed by atoms with Gasteiger partial charge in [-0.2, -0.15) is 0 Å². The summed E-state index contributed by atoms with van der Waals surface area (Å²) in [6.07, 6.45) is 0.658. The largest absolute Gasteiger partial charge is 0.496 e. The second-order valence-electron chi connectivity index (χ2n) is 5.05.